The fraction of sp³-hybridized carbons (Fsp3) is 0.429. The lowest BCUT2D eigenvalue weighted by Crippen LogP contribution is -2.43. The van der Waals surface area contributed by atoms with Crippen molar-refractivity contribution in [1.82, 2.24) is 14.9 Å². The molecule has 1 saturated carbocycles. The van der Waals surface area contributed by atoms with E-state index in [2.05, 4.69) is 10.3 Å². The van der Waals surface area contributed by atoms with Gasteiger partial charge in [0.25, 0.3) is 0 Å². The number of hydrogen-bond acceptors (Lipinski definition) is 3. The number of benzene rings is 1. The topological polar surface area (TPSA) is 72.9 Å². The Labute approximate surface area is 140 Å². The average molecular weight is 349 g/mol. The summed E-state index contributed by atoms with van der Waals surface area (Å²) in [7, 11) is 1.88. The summed E-state index contributed by atoms with van der Waals surface area (Å²) in [6, 6.07) is 4.54. The van der Waals surface area contributed by atoms with Crippen molar-refractivity contribution in [3.63, 3.8) is 0 Å². The number of amides is 1. The molecule has 2 aromatic rings. The second-order valence-electron chi connectivity index (χ2n) is 5.38. The standard InChI is InChI=1S/C14H17FN4O.2ClH/c1-19-11-3-2-9(15)8-10(11)18-12(19)4-7-17-13(20)14(16)5-6-14;;/h2-3,8H,4-7,16H2,1H3,(H,17,20);2*1H. The fourth-order valence-electron chi connectivity index (χ4n) is 2.27. The van der Waals surface area contributed by atoms with E-state index in [4.69, 9.17) is 5.73 Å². The third-order valence-corrected chi connectivity index (χ3v) is 3.81. The third kappa shape index (κ3) is 3.51. The van der Waals surface area contributed by atoms with Crippen LogP contribution in [0.25, 0.3) is 11.0 Å². The minimum Gasteiger partial charge on any atom is -0.354 e. The van der Waals surface area contributed by atoms with Crippen LogP contribution in [0.3, 0.4) is 0 Å². The van der Waals surface area contributed by atoms with Crippen molar-refractivity contribution in [2.45, 2.75) is 24.8 Å². The number of nitrogens with two attached hydrogens (primary N) is 1. The smallest absolute Gasteiger partial charge is 0.240 e. The lowest BCUT2D eigenvalue weighted by Gasteiger charge is -2.09. The second kappa shape index (κ2) is 6.81. The highest BCUT2D eigenvalue weighted by Gasteiger charge is 2.45. The predicted octanol–water partition coefficient (Wildman–Crippen LogP) is 1.71. The van der Waals surface area contributed by atoms with Crippen LogP contribution in [0, 0.1) is 5.82 Å². The normalized spacial score (nSPS) is 14.9. The molecule has 3 rings (SSSR count). The van der Waals surface area contributed by atoms with E-state index in [0.717, 1.165) is 24.2 Å². The molecule has 0 aliphatic heterocycles. The molecule has 1 amide bonds. The number of aryl methyl sites for hydroxylation is 1. The monoisotopic (exact) mass is 348 g/mol. The Balaban J connectivity index is 0.00000121. The minimum atomic E-state index is -0.643. The molecule has 5 nitrogen and oxygen atoms in total. The highest BCUT2D eigenvalue weighted by Crippen LogP contribution is 2.31. The number of halogens is 3. The molecule has 1 aliphatic rings. The van der Waals surface area contributed by atoms with Crippen LogP contribution >= 0.6 is 24.8 Å². The van der Waals surface area contributed by atoms with Crippen molar-refractivity contribution in [1.29, 1.82) is 0 Å². The van der Waals surface area contributed by atoms with Crippen molar-refractivity contribution in [3.8, 4) is 0 Å². The van der Waals surface area contributed by atoms with Gasteiger partial charge in [0.15, 0.2) is 0 Å². The first-order valence-corrected chi connectivity index (χ1v) is 6.68. The van der Waals surface area contributed by atoms with Gasteiger partial charge in [-0.1, -0.05) is 0 Å². The maximum absolute atomic E-state index is 13.2. The van der Waals surface area contributed by atoms with Gasteiger partial charge in [0.1, 0.15) is 11.6 Å². The van der Waals surface area contributed by atoms with E-state index < -0.39 is 5.54 Å². The van der Waals surface area contributed by atoms with Gasteiger partial charge in [-0.2, -0.15) is 0 Å². The number of rotatable bonds is 4. The maximum atomic E-state index is 13.2. The first-order chi connectivity index (χ1) is 9.49. The lowest BCUT2D eigenvalue weighted by atomic mass is 10.2. The van der Waals surface area contributed by atoms with E-state index in [0.29, 0.717) is 18.5 Å². The lowest BCUT2D eigenvalue weighted by molar-refractivity contribution is -0.123. The molecule has 8 heteroatoms. The Morgan fingerprint density at radius 3 is 2.77 bits per heavy atom. The van der Waals surface area contributed by atoms with E-state index in [9.17, 15) is 9.18 Å². The van der Waals surface area contributed by atoms with Gasteiger partial charge in [-0.05, 0) is 25.0 Å². The summed E-state index contributed by atoms with van der Waals surface area (Å²) in [6.45, 7) is 0.484. The van der Waals surface area contributed by atoms with Gasteiger partial charge in [-0.25, -0.2) is 9.37 Å². The van der Waals surface area contributed by atoms with Gasteiger partial charge in [0, 0.05) is 26.1 Å². The van der Waals surface area contributed by atoms with E-state index in [-0.39, 0.29) is 36.5 Å². The third-order valence-electron chi connectivity index (χ3n) is 3.81. The summed E-state index contributed by atoms with van der Waals surface area (Å²) in [4.78, 5) is 16.1. The molecule has 0 bridgehead atoms. The largest absolute Gasteiger partial charge is 0.354 e. The van der Waals surface area contributed by atoms with Gasteiger partial charge in [0.05, 0.1) is 16.6 Å². The van der Waals surface area contributed by atoms with Crippen LogP contribution in [0.4, 0.5) is 4.39 Å². The SMILES string of the molecule is Cl.Cl.Cn1c(CCNC(=O)C2(N)CC2)nc2cc(F)ccc21. The van der Waals surface area contributed by atoms with Gasteiger partial charge in [-0.3, -0.25) is 4.79 Å². The molecule has 3 N–H and O–H groups in total. The molecule has 22 heavy (non-hydrogen) atoms. The molecule has 0 radical (unpaired) electrons. The summed E-state index contributed by atoms with van der Waals surface area (Å²) in [6.07, 6.45) is 2.10. The predicted molar refractivity (Wildman–Crippen MR) is 88.0 cm³/mol. The van der Waals surface area contributed by atoms with Crippen LogP contribution in [-0.4, -0.2) is 27.5 Å². The number of nitrogens with zero attached hydrogens (tertiary/aromatic N) is 2. The van der Waals surface area contributed by atoms with E-state index >= 15 is 0 Å². The zero-order valence-corrected chi connectivity index (χ0v) is 13.8. The molecule has 1 fully saturated rings. The Kier molecular flexibility index (Phi) is 5.78. The van der Waals surface area contributed by atoms with Gasteiger partial charge < -0.3 is 15.6 Å². The quantitative estimate of drug-likeness (QED) is 0.883. The number of carbonyl (C=O) groups excluding carboxylic acids is 1. The Morgan fingerprint density at radius 1 is 1.45 bits per heavy atom. The number of nitrogens with one attached hydrogen (secondary N) is 1. The molecule has 1 heterocycles. The van der Waals surface area contributed by atoms with Crippen LogP contribution in [0.15, 0.2) is 18.2 Å². The molecule has 122 valence electrons. The summed E-state index contributed by atoms with van der Waals surface area (Å²) in [5.41, 5.74) is 6.67. The Hall–Kier alpha value is -1.37. The molecule has 1 aromatic carbocycles. The highest BCUT2D eigenvalue weighted by molar-refractivity contribution is 5.89. The fourth-order valence-corrected chi connectivity index (χ4v) is 2.27. The summed E-state index contributed by atoms with van der Waals surface area (Å²) in [5, 5.41) is 2.83. The van der Waals surface area contributed by atoms with Gasteiger partial charge in [0.2, 0.25) is 5.91 Å². The van der Waals surface area contributed by atoms with Crippen LogP contribution in [-0.2, 0) is 18.3 Å². The van der Waals surface area contributed by atoms with Crippen molar-refractivity contribution in [2.24, 2.45) is 12.8 Å². The molecule has 0 saturated heterocycles. The van der Waals surface area contributed by atoms with Crippen molar-refractivity contribution >= 4 is 41.8 Å². The molecule has 0 spiro atoms. The summed E-state index contributed by atoms with van der Waals surface area (Å²) < 4.78 is 15.1. The number of fused-ring (bicyclic) bond motifs is 1. The Bertz CT molecular complexity index is 685. The van der Waals surface area contributed by atoms with Crippen LogP contribution in [0.2, 0.25) is 0 Å². The molecule has 1 aromatic heterocycles. The van der Waals surface area contributed by atoms with Gasteiger partial charge in [-0.15, -0.1) is 24.8 Å². The second-order valence-corrected chi connectivity index (χ2v) is 5.38. The Morgan fingerprint density at radius 2 is 2.14 bits per heavy atom. The molecule has 0 atom stereocenters. The summed E-state index contributed by atoms with van der Waals surface area (Å²) >= 11 is 0. The van der Waals surface area contributed by atoms with Crippen molar-refractivity contribution in [3.05, 3.63) is 29.8 Å². The first-order valence-electron chi connectivity index (χ1n) is 6.68. The average Bonchev–Trinajstić information content (AvgIpc) is 3.09. The number of aromatic nitrogens is 2. The first kappa shape index (κ1) is 18.7. The molecule has 0 unspecified atom stereocenters. The van der Waals surface area contributed by atoms with E-state index in [1.54, 1.807) is 6.07 Å². The van der Waals surface area contributed by atoms with Crippen LogP contribution in [0.1, 0.15) is 18.7 Å². The highest BCUT2D eigenvalue weighted by atomic mass is 35.5. The van der Waals surface area contributed by atoms with E-state index in [1.807, 2.05) is 11.6 Å². The molecule has 1 aliphatic carbocycles. The van der Waals surface area contributed by atoms with Gasteiger partial charge >= 0.3 is 0 Å². The zero-order valence-electron chi connectivity index (χ0n) is 12.1. The van der Waals surface area contributed by atoms with Crippen molar-refractivity contribution in [2.75, 3.05) is 6.54 Å². The number of carbonyl (C=O) groups is 1. The van der Waals surface area contributed by atoms with E-state index in [1.165, 1.54) is 12.1 Å². The number of imidazole rings is 1. The summed E-state index contributed by atoms with van der Waals surface area (Å²) in [5.74, 6) is 0.421. The van der Waals surface area contributed by atoms with Crippen molar-refractivity contribution < 1.29 is 9.18 Å². The zero-order chi connectivity index (χ0) is 14.3. The van der Waals surface area contributed by atoms with Crippen LogP contribution in [0.5, 0.6) is 0 Å². The minimum absolute atomic E-state index is 0. The van der Waals surface area contributed by atoms with Crippen LogP contribution < -0.4 is 11.1 Å². The molecular weight excluding hydrogens is 330 g/mol. The maximum Gasteiger partial charge on any atom is 0.240 e. The number of hydrogen-bond donors (Lipinski definition) is 2. The molecular formula is C14H19Cl2FN4O.